The summed E-state index contributed by atoms with van der Waals surface area (Å²) in [5.41, 5.74) is 6.81. The van der Waals surface area contributed by atoms with E-state index in [0.717, 1.165) is 5.56 Å². The molecule has 3 N–H and O–H groups in total. The molecule has 0 aliphatic carbocycles. The van der Waals surface area contributed by atoms with Gasteiger partial charge in [0.2, 0.25) is 0 Å². The van der Waals surface area contributed by atoms with E-state index >= 15 is 0 Å². The van der Waals surface area contributed by atoms with Crippen molar-refractivity contribution in [2.45, 2.75) is 12.1 Å². The molecule has 5 nitrogen and oxygen atoms in total. The number of nitrogens with two attached hydrogens (primary N) is 1. The van der Waals surface area contributed by atoms with Gasteiger partial charge in [-0.25, -0.2) is 9.79 Å². The average Bonchev–Trinajstić information content (AvgIpc) is 2.81. The number of ether oxygens (including phenoxy) is 1. The SMILES string of the molecule is C=C/C=C(\N=C/N)[C@@H]1OC(=O)N[C@H]1c1ccccc1. The van der Waals surface area contributed by atoms with Gasteiger partial charge in [-0.2, -0.15) is 0 Å². The van der Waals surface area contributed by atoms with Crippen molar-refractivity contribution in [2.24, 2.45) is 10.7 Å². The normalized spacial score (nSPS) is 23.2. The van der Waals surface area contributed by atoms with Gasteiger partial charge in [0.05, 0.1) is 12.0 Å². The number of hydrogen-bond acceptors (Lipinski definition) is 3. The van der Waals surface area contributed by atoms with Crippen LogP contribution >= 0.6 is 0 Å². The maximum atomic E-state index is 11.5. The maximum Gasteiger partial charge on any atom is 0.408 e. The van der Waals surface area contributed by atoms with Gasteiger partial charge >= 0.3 is 6.09 Å². The zero-order chi connectivity index (χ0) is 13.7. The van der Waals surface area contributed by atoms with Gasteiger partial charge in [0.25, 0.3) is 0 Å². The molecule has 19 heavy (non-hydrogen) atoms. The molecule has 0 bridgehead atoms. The maximum absolute atomic E-state index is 11.5. The Hall–Kier alpha value is -2.56. The number of cyclic esters (lactones) is 1. The smallest absolute Gasteiger partial charge is 0.408 e. The van der Waals surface area contributed by atoms with Crippen LogP contribution in [-0.2, 0) is 4.74 Å². The lowest BCUT2D eigenvalue weighted by atomic mass is 10.00. The Kier molecular flexibility index (Phi) is 3.97. The highest BCUT2D eigenvalue weighted by Crippen LogP contribution is 2.29. The van der Waals surface area contributed by atoms with E-state index in [1.54, 1.807) is 12.2 Å². The molecule has 2 rings (SSSR count). The summed E-state index contributed by atoms with van der Waals surface area (Å²) < 4.78 is 5.26. The summed E-state index contributed by atoms with van der Waals surface area (Å²) in [6.07, 6.45) is 3.43. The second-order valence-electron chi connectivity index (χ2n) is 3.96. The summed E-state index contributed by atoms with van der Waals surface area (Å²) in [5.74, 6) is 0. The van der Waals surface area contributed by atoms with Crippen molar-refractivity contribution in [3.63, 3.8) is 0 Å². The van der Waals surface area contributed by atoms with Gasteiger partial charge in [-0.05, 0) is 11.6 Å². The minimum absolute atomic E-state index is 0.288. The van der Waals surface area contributed by atoms with Crippen LogP contribution in [0.5, 0.6) is 0 Å². The summed E-state index contributed by atoms with van der Waals surface area (Å²) in [7, 11) is 0. The van der Waals surface area contributed by atoms with Crippen LogP contribution in [0.3, 0.4) is 0 Å². The Morgan fingerprint density at radius 2 is 2.16 bits per heavy atom. The van der Waals surface area contributed by atoms with E-state index in [2.05, 4.69) is 16.9 Å². The summed E-state index contributed by atoms with van der Waals surface area (Å²) in [5, 5.41) is 2.77. The number of carbonyl (C=O) groups excluding carboxylic acids is 1. The first-order valence-corrected chi connectivity index (χ1v) is 5.85. The van der Waals surface area contributed by atoms with Crippen molar-refractivity contribution in [1.29, 1.82) is 0 Å². The van der Waals surface area contributed by atoms with Crippen molar-refractivity contribution in [1.82, 2.24) is 5.32 Å². The standard InChI is InChI=1S/C14H15N3O2/c1-2-6-11(16-9-15)13-12(17-14(18)19-13)10-7-4-3-5-8-10/h2-9,12-13H,1H2,(H2,15,16)(H,17,18)/b11-6-/t12-,13-/m0/s1. The Bertz CT molecular complexity index is 523. The second kappa shape index (κ2) is 5.86. The number of hydrogen-bond donors (Lipinski definition) is 2. The van der Waals surface area contributed by atoms with E-state index in [4.69, 9.17) is 10.5 Å². The average molecular weight is 257 g/mol. The first-order valence-electron chi connectivity index (χ1n) is 5.85. The van der Waals surface area contributed by atoms with Crippen molar-refractivity contribution >= 4 is 12.4 Å². The van der Waals surface area contributed by atoms with Crippen molar-refractivity contribution in [2.75, 3.05) is 0 Å². The fraction of sp³-hybridized carbons (Fsp3) is 0.143. The zero-order valence-corrected chi connectivity index (χ0v) is 10.3. The highest BCUT2D eigenvalue weighted by molar-refractivity contribution is 5.71. The number of amides is 1. The predicted molar refractivity (Wildman–Crippen MR) is 73.5 cm³/mol. The molecule has 0 saturated carbocycles. The van der Waals surface area contributed by atoms with Gasteiger partial charge < -0.3 is 15.8 Å². The molecule has 1 fully saturated rings. The number of alkyl carbamates (subject to hydrolysis) is 1. The van der Waals surface area contributed by atoms with Crippen LogP contribution in [0.4, 0.5) is 4.79 Å². The lowest BCUT2D eigenvalue weighted by Gasteiger charge is -2.17. The number of aliphatic imine (C=N–C) groups is 1. The molecule has 0 unspecified atom stereocenters. The summed E-state index contributed by atoms with van der Waals surface area (Å²) in [6.45, 7) is 3.62. The number of carbonyl (C=O) groups is 1. The molecule has 0 spiro atoms. The van der Waals surface area contributed by atoms with E-state index in [1.807, 2.05) is 30.3 Å². The van der Waals surface area contributed by atoms with Crippen molar-refractivity contribution < 1.29 is 9.53 Å². The largest absolute Gasteiger partial charge is 0.437 e. The molecule has 1 aliphatic rings. The van der Waals surface area contributed by atoms with Crippen LogP contribution in [0.1, 0.15) is 11.6 Å². The van der Waals surface area contributed by atoms with Gasteiger partial charge in [-0.3, -0.25) is 0 Å². The van der Waals surface area contributed by atoms with Crippen molar-refractivity contribution in [3.8, 4) is 0 Å². The first-order chi connectivity index (χ1) is 9.26. The minimum atomic E-state index is -0.521. The molecular weight excluding hydrogens is 242 g/mol. The molecule has 5 heteroatoms. The first kappa shape index (κ1) is 12.9. The van der Waals surface area contributed by atoms with E-state index in [-0.39, 0.29) is 6.04 Å². The van der Waals surface area contributed by atoms with E-state index in [1.165, 1.54) is 6.34 Å². The second-order valence-corrected chi connectivity index (χ2v) is 3.96. The predicted octanol–water partition coefficient (Wildman–Crippen LogP) is 1.89. The number of allylic oxidation sites excluding steroid dienone is 2. The molecule has 2 atom stereocenters. The Labute approximate surface area is 111 Å². The molecule has 0 aromatic heterocycles. The highest BCUT2D eigenvalue weighted by Gasteiger charge is 2.37. The number of nitrogens with one attached hydrogen (secondary N) is 1. The van der Waals surface area contributed by atoms with Crippen LogP contribution in [0.25, 0.3) is 0 Å². The van der Waals surface area contributed by atoms with Gasteiger partial charge in [-0.1, -0.05) is 43.0 Å². The van der Waals surface area contributed by atoms with Crippen LogP contribution in [0.15, 0.2) is 59.8 Å². The molecule has 1 heterocycles. The Morgan fingerprint density at radius 1 is 1.42 bits per heavy atom. The Balaban J connectivity index is 2.34. The molecule has 1 amide bonds. The van der Waals surface area contributed by atoms with Gasteiger partial charge in [0.15, 0.2) is 6.10 Å². The van der Waals surface area contributed by atoms with Gasteiger partial charge in [0.1, 0.15) is 6.04 Å². The third kappa shape index (κ3) is 2.82. The topological polar surface area (TPSA) is 76.7 Å². The summed E-state index contributed by atoms with van der Waals surface area (Å²) in [6, 6.07) is 9.27. The van der Waals surface area contributed by atoms with Crippen LogP contribution < -0.4 is 11.1 Å². The van der Waals surface area contributed by atoms with Gasteiger partial charge in [0, 0.05) is 0 Å². The van der Waals surface area contributed by atoms with Crippen LogP contribution in [0, 0.1) is 0 Å². The Morgan fingerprint density at radius 3 is 2.79 bits per heavy atom. The van der Waals surface area contributed by atoms with E-state index in [9.17, 15) is 4.79 Å². The summed E-state index contributed by atoms with van der Waals surface area (Å²) in [4.78, 5) is 15.5. The summed E-state index contributed by atoms with van der Waals surface area (Å²) >= 11 is 0. The molecule has 1 saturated heterocycles. The molecule has 98 valence electrons. The van der Waals surface area contributed by atoms with Gasteiger partial charge in [-0.15, -0.1) is 0 Å². The molecule has 1 aromatic carbocycles. The monoisotopic (exact) mass is 257 g/mol. The fourth-order valence-electron chi connectivity index (χ4n) is 1.99. The number of rotatable bonds is 4. The van der Waals surface area contributed by atoms with Crippen molar-refractivity contribution in [3.05, 3.63) is 60.3 Å². The lowest BCUT2D eigenvalue weighted by molar-refractivity contribution is 0.148. The molecular formula is C14H15N3O2. The highest BCUT2D eigenvalue weighted by atomic mass is 16.6. The zero-order valence-electron chi connectivity index (χ0n) is 10.3. The van der Waals surface area contributed by atoms with Crippen LogP contribution in [-0.4, -0.2) is 18.5 Å². The van der Waals surface area contributed by atoms with Crippen LogP contribution in [0.2, 0.25) is 0 Å². The quantitative estimate of drug-likeness (QED) is 0.491. The molecule has 1 aliphatic heterocycles. The van der Waals surface area contributed by atoms with E-state index < -0.39 is 12.2 Å². The molecule has 1 aromatic rings. The fourth-order valence-corrected chi connectivity index (χ4v) is 1.99. The lowest BCUT2D eigenvalue weighted by Crippen LogP contribution is -2.23. The van der Waals surface area contributed by atoms with E-state index in [0.29, 0.717) is 5.70 Å². The minimum Gasteiger partial charge on any atom is -0.437 e. The molecule has 0 radical (unpaired) electrons. The number of benzene rings is 1. The third-order valence-corrected chi connectivity index (χ3v) is 2.77. The number of nitrogens with zero attached hydrogens (tertiary/aromatic N) is 1. The third-order valence-electron chi connectivity index (χ3n) is 2.77.